The number of halogens is 1. The van der Waals surface area contributed by atoms with Crippen LogP contribution in [0.4, 0.5) is 5.69 Å². The van der Waals surface area contributed by atoms with Gasteiger partial charge in [0.25, 0.3) is 0 Å². The Kier molecular flexibility index (Phi) is 3.72. The van der Waals surface area contributed by atoms with Crippen molar-refractivity contribution in [3.63, 3.8) is 0 Å². The molecule has 0 saturated heterocycles. The lowest BCUT2D eigenvalue weighted by Gasteiger charge is -2.28. The molecule has 1 aromatic rings. The summed E-state index contributed by atoms with van der Waals surface area (Å²) in [7, 11) is 2.16. The zero-order valence-electron chi connectivity index (χ0n) is 11.8. The summed E-state index contributed by atoms with van der Waals surface area (Å²) in [4.78, 5) is 2.33. The fraction of sp³-hybridized carbons (Fsp3) is 0.625. The molecule has 3 heteroatoms. The standard InChI is InChI=1S/C16H23ClN2/c1-11(13-4-5-13)19(2)16-8-3-12(9-15(16)17)10-18-14-6-7-14/h3,8-9,11,13-14,18H,4-7,10H2,1-2H3. The van der Waals surface area contributed by atoms with Gasteiger partial charge in [-0.1, -0.05) is 17.7 Å². The monoisotopic (exact) mass is 278 g/mol. The summed E-state index contributed by atoms with van der Waals surface area (Å²) in [6.45, 7) is 3.24. The Bertz CT molecular complexity index is 452. The van der Waals surface area contributed by atoms with Crippen molar-refractivity contribution in [1.82, 2.24) is 5.32 Å². The normalized spacial score (nSPS) is 20.4. The van der Waals surface area contributed by atoms with Crippen molar-refractivity contribution in [1.29, 1.82) is 0 Å². The van der Waals surface area contributed by atoms with Gasteiger partial charge in [0.15, 0.2) is 0 Å². The molecule has 2 fully saturated rings. The van der Waals surface area contributed by atoms with Crippen molar-refractivity contribution in [3.05, 3.63) is 28.8 Å². The van der Waals surface area contributed by atoms with Crippen molar-refractivity contribution in [2.24, 2.45) is 5.92 Å². The molecule has 3 rings (SSSR count). The van der Waals surface area contributed by atoms with Crippen LogP contribution in [-0.4, -0.2) is 19.1 Å². The molecule has 0 aromatic heterocycles. The SMILES string of the molecule is CC(C1CC1)N(C)c1ccc(CNC2CC2)cc1Cl. The number of hydrogen-bond acceptors (Lipinski definition) is 2. The molecular formula is C16H23ClN2. The molecule has 0 bridgehead atoms. The van der Waals surface area contributed by atoms with Gasteiger partial charge in [0.1, 0.15) is 0 Å². The molecule has 1 unspecified atom stereocenters. The van der Waals surface area contributed by atoms with Gasteiger partial charge in [-0.2, -0.15) is 0 Å². The van der Waals surface area contributed by atoms with Gasteiger partial charge in [-0.25, -0.2) is 0 Å². The quantitative estimate of drug-likeness (QED) is 0.851. The van der Waals surface area contributed by atoms with Crippen molar-refractivity contribution in [3.8, 4) is 0 Å². The summed E-state index contributed by atoms with van der Waals surface area (Å²) in [6, 6.07) is 7.82. The van der Waals surface area contributed by atoms with E-state index in [0.717, 1.165) is 29.2 Å². The predicted octanol–water partition coefficient (Wildman–Crippen LogP) is 3.83. The molecule has 0 amide bonds. The maximum Gasteiger partial charge on any atom is 0.0642 e. The van der Waals surface area contributed by atoms with E-state index >= 15 is 0 Å². The first-order chi connectivity index (χ1) is 9.15. The first-order valence-electron chi connectivity index (χ1n) is 7.40. The molecule has 2 aliphatic carbocycles. The topological polar surface area (TPSA) is 15.3 Å². The van der Waals surface area contributed by atoms with E-state index in [1.54, 1.807) is 0 Å². The van der Waals surface area contributed by atoms with Crippen LogP contribution >= 0.6 is 11.6 Å². The van der Waals surface area contributed by atoms with Crippen LogP contribution < -0.4 is 10.2 Å². The minimum atomic E-state index is 0.591. The molecule has 1 aromatic carbocycles. The van der Waals surface area contributed by atoms with Gasteiger partial charge in [-0.15, -0.1) is 0 Å². The van der Waals surface area contributed by atoms with Crippen molar-refractivity contribution in [2.45, 2.75) is 51.2 Å². The molecule has 2 saturated carbocycles. The maximum absolute atomic E-state index is 6.45. The van der Waals surface area contributed by atoms with Crippen molar-refractivity contribution < 1.29 is 0 Å². The summed E-state index contributed by atoms with van der Waals surface area (Å²) in [5, 5.41) is 4.41. The summed E-state index contributed by atoms with van der Waals surface area (Å²) in [6.07, 6.45) is 5.39. The molecular weight excluding hydrogens is 256 g/mol. The third kappa shape index (κ3) is 3.24. The van der Waals surface area contributed by atoms with Gasteiger partial charge in [0.2, 0.25) is 0 Å². The molecule has 104 valence electrons. The van der Waals surface area contributed by atoms with Gasteiger partial charge < -0.3 is 10.2 Å². The number of hydrogen-bond donors (Lipinski definition) is 1. The minimum Gasteiger partial charge on any atom is -0.370 e. The van der Waals surface area contributed by atoms with Gasteiger partial charge >= 0.3 is 0 Å². The summed E-state index contributed by atoms with van der Waals surface area (Å²) in [5.74, 6) is 0.859. The molecule has 0 spiro atoms. The fourth-order valence-electron chi connectivity index (χ4n) is 2.61. The van der Waals surface area contributed by atoms with E-state index in [9.17, 15) is 0 Å². The lowest BCUT2D eigenvalue weighted by molar-refractivity contribution is 0.609. The highest BCUT2D eigenvalue weighted by Crippen LogP contribution is 2.38. The summed E-state index contributed by atoms with van der Waals surface area (Å²) in [5.41, 5.74) is 2.45. The highest BCUT2D eigenvalue weighted by Gasteiger charge is 2.31. The van der Waals surface area contributed by atoms with E-state index in [0.29, 0.717) is 6.04 Å². The van der Waals surface area contributed by atoms with Crippen LogP contribution in [0, 0.1) is 5.92 Å². The van der Waals surface area contributed by atoms with Gasteiger partial charge in [-0.3, -0.25) is 0 Å². The van der Waals surface area contributed by atoms with E-state index < -0.39 is 0 Å². The van der Waals surface area contributed by atoms with E-state index in [1.807, 2.05) is 0 Å². The second-order valence-corrected chi connectivity index (χ2v) is 6.54. The Labute approximate surface area is 121 Å². The summed E-state index contributed by atoms with van der Waals surface area (Å²) >= 11 is 6.45. The average Bonchev–Trinajstić information content (AvgIpc) is 3.28. The molecule has 0 aliphatic heterocycles. The van der Waals surface area contributed by atoms with Crippen LogP contribution in [0.2, 0.25) is 5.02 Å². The molecule has 0 heterocycles. The van der Waals surface area contributed by atoms with E-state index in [2.05, 4.69) is 42.4 Å². The highest BCUT2D eigenvalue weighted by atomic mass is 35.5. The highest BCUT2D eigenvalue weighted by molar-refractivity contribution is 6.33. The molecule has 2 aliphatic rings. The van der Waals surface area contributed by atoms with Crippen LogP contribution in [-0.2, 0) is 6.54 Å². The molecule has 0 radical (unpaired) electrons. The zero-order valence-corrected chi connectivity index (χ0v) is 12.6. The fourth-order valence-corrected chi connectivity index (χ4v) is 2.95. The Hall–Kier alpha value is -0.730. The van der Waals surface area contributed by atoms with Crippen molar-refractivity contribution in [2.75, 3.05) is 11.9 Å². The van der Waals surface area contributed by atoms with Gasteiger partial charge in [0.05, 0.1) is 10.7 Å². The molecule has 19 heavy (non-hydrogen) atoms. The number of benzene rings is 1. The summed E-state index contributed by atoms with van der Waals surface area (Å²) < 4.78 is 0. The second kappa shape index (κ2) is 5.34. The lowest BCUT2D eigenvalue weighted by atomic mass is 10.1. The van der Waals surface area contributed by atoms with Crippen LogP contribution in [0.3, 0.4) is 0 Å². The Morgan fingerprint density at radius 3 is 2.63 bits per heavy atom. The van der Waals surface area contributed by atoms with Gasteiger partial charge in [-0.05, 0) is 56.2 Å². The first kappa shape index (κ1) is 13.3. The largest absolute Gasteiger partial charge is 0.370 e. The molecule has 2 nitrogen and oxygen atoms in total. The maximum atomic E-state index is 6.45. The third-order valence-electron chi connectivity index (χ3n) is 4.48. The van der Waals surface area contributed by atoms with Gasteiger partial charge in [0, 0.05) is 25.7 Å². The first-order valence-corrected chi connectivity index (χ1v) is 7.77. The van der Waals surface area contributed by atoms with Crippen LogP contribution in [0.5, 0.6) is 0 Å². The lowest BCUT2D eigenvalue weighted by Crippen LogP contribution is -2.30. The third-order valence-corrected chi connectivity index (χ3v) is 4.78. The molecule has 1 N–H and O–H groups in total. The Balaban J connectivity index is 1.67. The van der Waals surface area contributed by atoms with E-state index in [1.165, 1.54) is 31.2 Å². The van der Waals surface area contributed by atoms with Crippen LogP contribution in [0.25, 0.3) is 0 Å². The predicted molar refractivity (Wildman–Crippen MR) is 81.9 cm³/mol. The van der Waals surface area contributed by atoms with E-state index in [4.69, 9.17) is 11.6 Å². The smallest absolute Gasteiger partial charge is 0.0642 e. The Morgan fingerprint density at radius 1 is 1.32 bits per heavy atom. The number of nitrogens with zero attached hydrogens (tertiary/aromatic N) is 1. The Morgan fingerprint density at radius 2 is 2.05 bits per heavy atom. The number of anilines is 1. The zero-order chi connectivity index (χ0) is 13.4. The second-order valence-electron chi connectivity index (χ2n) is 6.13. The minimum absolute atomic E-state index is 0.591. The number of rotatable bonds is 6. The number of nitrogens with one attached hydrogen (secondary N) is 1. The van der Waals surface area contributed by atoms with Crippen molar-refractivity contribution >= 4 is 17.3 Å². The van der Waals surface area contributed by atoms with Crippen LogP contribution in [0.1, 0.15) is 38.2 Å². The van der Waals surface area contributed by atoms with Crippen LogP contribution in [0.15, 0.2) is 18.2 Å². The van der Waals surface area contributed by atoms with E-state index in [-0.39, 0.29) is 0 Å². The average molecular weight is 279 g/mol. The molecule has 1 atom stereocenters.